The van der Waals surface area contributed by atoms with Crippen LogP contribution in [0.25, 0.3) is 0 Å². The van der Waals surface area contributed by atoms with Crippen LogP contribution in [0.4, 0.5) is 0 Å². The topological polar surface area (TPSA) is 64.9 Å². The van der Waals surface area contributed by atoms with Gasteiger partial charge >= 0.3 is 0 Å². The first kappa shape index (κ1) is 14.3. The van der Waals surface area contributed by atoms with Crippen molar-refractivity contribution < 1.29 is 4.52 Å². The van der Waals surface area contributed by atoms with Crippen molar-refractivity contribution in [3.8, 4) is 0 Å². The van der Waals surface area contributed by atoms with Gasteiger partial charge in [0.15, 0.2) is 5.82 Å². The largest absolute Gasteiger partial charge is 0.339 e. The molecule has 2 aromatic rings. The third-order valence-corrected chi connectivity index (χ3v) is 4.15. The Bertz CT molecular complexity index is 612. The van der Waals surface area contributed by atoms with Crippen LogP contribution in [0.2, 0.25) is 0 Å². The molecule has 21 heavy (non-hydrogen) atoms. The smallest absolute Gasteiger partial charge is 0.226 e. The minimum absolute atomic E-state index is 0.202. The zero-order valence-electron chi connectivity index (χ0n) is 12.8. The lowest BCUT2D eigenvalue weighted by Gasteiger charge is -2.22. The second-order valence-corrected chi connectivity index (χ2v) is 6.68. The average Bonchev–Trinajstić information content (AvgIpc) is 2.92. The summed E-state index contributed by atoms with van der Waals surface area (Å²) in [6, 6.07) is 8.60. The quantitative estimate of drug-likeness (QED) is 0.936. The van der Waals surface area contributed by atoms with Gasteiger partial charge in [-0.15, -0.1) is 0 Å². The molecular formula is C17H23N3O. The van der Waals surface area contributed by atoms with Gasteiger partial charge in [-0.1, -0.05) is 29.4 Å². The van der Waals surface area contributed by atoms with Crippen molar-refractivity contribution in [2.45, 2.75) is 57.4 Å². The summed E-state index contributed by atoms with van der Waals surface area (Å²) in [6.07, 6.45) is 5.01. The summed E-state index contributed by atoms with van der Waals surface area (Å²) in [7, 11) is 0. The van der Waals surface area contributed by atoms with Crippen molar-refractivity contribution in [3.63, 3.8) is 0 Å². The molecule has 0 saturated carbocycles. The molecule has 0 bridgehead atoms. The Hall–Kier alpha value is -1.68. The summed E-state index contributed by atoms with van der Waals surface area (Å²) >= 11 is 0. The lowest BCUT2D eigenvalue weighted by atomic mass is 9.82. The molecule has 1 aromatic carbocycles. The van der Waals surface area contributed by atoms with E-state index in [9.17, 15) is 0 Å². The minimum atomic E-state index is -0.202. The monoisotopic (exact) mass is 285 g/mol. The van der Waals surface area contributed by atoms with E-state index in [-0.39, 0.29) is 11.5 Å². The van der Waals surface area contributed by atoms with E-state index >= 15 is 0 Å². The van der Waals surface area contributed by atoms with Gasteiger partial charge in [0.2, 0.25) is 5.89 Å². The van der Waals surface area contributed by atoms with Crippen LogP contribution >= 0.6 is 0 Å². The number of fused-ring (bicyclic) bond motifs is 1. The number of nitrogens with zero attached hydrogens (tertiary/aromatic N) is 2. The number of benzene rings is 1. The van der Waals surface area contributed by atoms with Crippen LogP contribution in [0.3, 0.4) is 0 Å². The molecule has 0 aliphatic heterocycles. The summed E-state index contributed by atoms with van der Waals surface area (Å²) in [4.78, 5) is 4.60. The zero-order chi connectivity index (χ0) is 14.9. The molecule has 4 nitrogen and oxygen atoms in total. The molecule has 4 heteroatoms. The van der Waals surface area contributed by atoms with Gasteiger partial charge in [0.05, 0.1) is 0 Å². The molecule has 112 valence electrons. The Morgan fingerprint density at radius 3 is 2.95 bits per heavy atom. The average molecular weight is 285 g/mol. The number of hydrogen-bond acceptors (Lipinski definition) is 4. The van der Waals surface area contributed by atoms with Crippen LogP contribution in [0, 0.1) is 0 Å². The van der Waals surface area contributed by atoms with Crippen molar-refractivity contribution in [2.24, 2.45) is 5.73 Å². The first-order chi connectivity index (χ1) is 10.0. The van der Waals surface area contributed by atoms with E-state index < -0.39 is 0 Å². The Morgan fingerprint density at radius 1 is 1.33 bits per heavy atom. The van der Waals surface area contributed by atoms with Gasteiger partial charge in [0, 0.05) is 17.9 Å². The molecule has 1 aliphatic rings. The van der Waals surface area contributed by atoms with Gasteiger partial charge in [-0.2, -0.15) is 4.98 Å². The SMILES string of the molecule is CC(C)(N)CCc1nc(C2CCCc3ccccc32)no1. The lowest BCUT2D eigenvalue weighted by Crippen LogP contribution is -2.32. The molecular weight excluding hydrogens is 262 g/mol. The van der Waals surface area contributed by atoms with Crippen LogP contribution < -0.4 is 5.73 Å². The van der Waals surface area contributed by atoms with Crippen molar-refractivity contribution in [1.82, 2.24) is 10.1 Å². The molecule has 0 amide bonds. The molecule has 1 heterocycles. The van der Waals surface area contributed by atoms with Gasteiger partial charge in [0.1, 0.15) is 0 Å². The normalized spacial score (nSPS) is 18.5. The number of rotatable bonds is 4. The second kappa shape index (κ2) is 5.60. The van der Waals surface area contributed by atoms with Gasteiger partial charge in [-0.25, -0.2) is 0 Å². The van der Waals surface area contributed by atoms with Gasteiger partial charge in [0.25, 0.3) is 0 Å². The van der Waals surface area contributed by atoms with E-state index in [1.165, 1.54) is 17.5 Å². The van der Waals surface area contributed by atoms with E-state index in [0.29, 0.717) is 5.89 Å². The molecule has 0 fully saturated rings. The summed E-state index contributed by atoms with van der Waals surface area (Å²) < 4.78 is 5.41. The van der Waals surface area contributed by atoms with E-state index in [4.69, 9.17) is 10.3 Å². The van der Waals surface area contributed by atoms with E-state index in [0.717, 1.165) is 31.5 Å². The van der Waals surface area contributed by atoms with Crippen molar-refractivity contribution in [1.29, 1.82) is 0 Å². The Kier molecular flexibility index (Phi) is 3.81. The molecule has 1 atom stereocenters. The molecule has 2 N–H and O–H groups in total. The molecule has 0 spiro atoms. The van der Waals surface area contributed by atoms with Crippen molar-refractivity contribution in [3.05, 3.63) is 47.1 Å². The number of nitrogens with two attached hydrogens (primary N) is 1. The Balaban J connectivity index is 1.78. The van der Waals surface area contributed by atoms with Crippen LogP contribution in [0.1, 0.15) is 61.9 Å². The van der Waals surface area contributed by atoms with Crippen molar-refractivity contribution in [2.75, 3.05) is 0 Å². The Labute approximate surface area is 125 Å². The number of hydrogen-bond donors (Lipinski definition) is 1. The summed E-state index contributed by atoms with van der Waals surface area (Å²) in [5, 5.41) is 4.21. The summed E-state index contributed by atoms with van der Waals surface area (Å²) in [6.45, 7) is 4.03. The lowest BCUT2D eigenvalue weighted by molar-refractivity contribution is 0.352. The highest BCUT2D eigenvalue weighted by molar-refractivity contribution is 5.36. The first-order valence-electron chi connectivity index (χ1n) is 7.72. The van der Waals surface area contributed by atoms with Gasteiger partial charge in [-0.3, -0.25) is 0 Å². The van der Waals surface area contributed by atoms with Crippen LogP contribution in [-0.2, 0) is 12.8 Å². The third-order valence-electron chi connectivity index (χ3n) is 4.15. The maximum Gasteiger partial charge on any atom is 0.226 e. The summed E-state index contributed by atoms with van der Waals surface area (Å²) in [5.74, 6) is 1.80. The van der Waals surface area contributed by atoms with E-state index in [1.54, 1.807) is 0 Å². The Morgan fingerprint density at radius 2 is 2.14 bits per heavy atom. The molecule has 1 aliphatic carbocycles. The number of aromatic nitrogens is 2. The fourth-order valence-corrected chi connectivity index (χ4v) is 2.96. The molecule has 1 unspecified atom stereocenters. The molecule has 1 aromatic heterocycles. The van der Waals surface area contributed by atoms with Crippen molar-refractivity contribution >= 4 is 0 Å². The first-order valence-corrected chi connectivity index (χ1v) is 7.72. The van der Waals surface area contributed by atoms with Gasteiger partial charge < -0.3 is 10.3 Å². The maximum absolute atomic E-state index is 6.01. The fourth-order valence-electron chi connectivity index (χ4n) is 2.96. The van der Waals surface area contributed by atoms with E-state index in [2.05, 4.69) is 34.4 Å². The highest BCUT2D eigenvalue weighted by atomic mass is 16.5. The third kappa shape index (κ3) is 3.32. The highest BCUT2D eigenvalue weighted by Crippen LogP contribution is 2.35. The van der Waals surface area contributed by atoms with Crippen LogP contribution in [0.5, 0.6) is 0 Å². The number of aryl methyl sites for hydroxylation is 2. The van der Waals surface area contributed by atoms with E-state index in [1.807, 2.05) is 13.8 Å². The molecule has 0 radical (unpaired) electrons. The fraction of sp³-hybridized carbons (Fsp3) is 0.529. The van der Waals surface area contributed by atoms with Gasteiger partial charge in [-0.05, 0) is 50.7 Å². The predicted molar refractivity (Wildman–Crippen MR) is 82.1 cm³/mol. The van der Waals surface area contributed by atoms with Crippen LogP contribution in [0.15, 0.2) is 28.8 Å². The maximum atomic E-state index is 6.01. The standard InChI is InChI=1S/C17H23N3O/c1-17(2,18)11-10-15-19-16(20-21-15)14-9-5-7-12-6-3-4-8-13(12)14/h3-4,6,8,14H,5,7,9-11,18H2,1-2H3. The molecule has 3 rings (SSSR count). The second-order valence-electron chi connectivity index (χ2n) is 6.68. The summed E-state index contributed by atoms with van der Waals surface area (Å²) in [5.41, 5.74) is 8.58. The minimum Gasteiger partial charge on any atom is -0.339 e. The molecule has 0 saturated heterocycles. The highest BCUT2D eigenvalue weighted by Gasteiger charge is 2.26. The zero-order valence-corrected chi connectivity index (χ0v) is 12.8. The van der Waals surface area contributed by atoms with Crippen LogP contribution in [-0.4, -0.2) is 15.7 Å². The predicted octanol–water partition coefficient (Wildman–Crippen LogP) is 3.21.